The van der Waals surface area contributed by atoms with E-state index in [0.29, 0.717) is 72.0 Å². The van der Waals surface area contributed by atoms with E-state index in [1.807, 2.05) is 20.8 Å². The van der Waals surface area contributed by atoms with Gasteiger partial charge < -0.3 is 34.2 Å². The van der Waals surface area contributed by atoms with Crippen molar-refractivity contribution in [3.05, 3.63) is 11.3 Å². The molecule has 0 amide bonds. The maximum atomic E-state index is 5.91. The maximum Gasteiger partial charge on any atom is 0.312 e. The normalized spacial score (nSPS) is 11.0. The minimum Gasteiger partial charge on any atom is -0.494 e. The van der Waals surface area contributed by atoms with Crippen molar-refractivity contribution < 1.29 is 28.4 Å². The zero-order chi connectivity index (χ0) is 18.6. The summed E-state index contributed by atoms with van der Waals surface area (Å²) < 4.78 is 33.5. The third kappa shape index (κ3) is 15.2. The molecule has 0 atom stereocenters. The van der Waals surface area contributed by atoms with Gasteiger partial charge in [0.05, 0.1) is 19.8 Å². The zero-order valence-electron chi connectivity index (χ0n) is 16.2. The second-order valence-electron chi connectivity index (χ2n) is 5.09. The molecule has 0 spiro atoms. The first-order valence-corrected chi connectivity index (χ1v) is 11.1. The molecule has 8 heteroatoms. The molecular formula is C17H37NO6Si. The van der Waals surface area contributed by atoms with Gasteiger partial charge in [-0.1, -0.05) is 6.04 Å². The second kappa shape index (κ2) is 19.5. The van der Waals surface area contributed by atoms with Gasteiger partial charge in [0.2, 0.25) is 0 Å². The average Bonchev–Trinajstić information content (AvgIpc) is 2.63. The first kappa shape index (κ1) is 24.2. The quantitative estimate of drug-likeness (QED) is 0.205. The molecule has 0 rings (SSSR count). The van der Waals surface area contributed by atoms with E-state index in [1.54, 1.807) is 0 Å². The molecule has 7 nitrogen and oxygen atoms in total. The van der Waals surface area contributed by atoms with Gasteiger partial charge in [-0.3, -0.25) is 0 Å². The van der Waals surface area contributed by atoms with Gasteiger partial charge in [-0.15, -0.1) is 0 Å². The molecule has 0 aromatic rings. The van der Waals surface area contributed by atoms with Crippen LogP contribution >= 0.6 is 0 Å². The van der Waals surface area contributed by atoms with Gasteiger partial charge in [0.25, 0.3) is 0 Å². The first-order chi connectivity index (χ1) is 12.3. The van der Waals surface area contributed by atoms with E-state index < -0.39 is 9.52 Å². The Bertz CT molecular complexity index is 304. The highest BCUT2D eigenvalue weighted by Crippen LogP contribution is 2.12. The van der Waals surface area contributed by atoms with Crippen molar-refractivity contribution in [1.82, 2.24) is 0 Å². The molecule has 0 aliphatic heterocycles. The molecule has 0 radical (unpaired) electrons. The number of ether oxygens (including phenoxy) is 6. The molecular weight excluding hydrogens is 342 g/mol. The molecule has 0 saturated carbocycles. The molecule has 0 aliphatic rings. The molecule has 0 bridgehead atoms. The summed E-state index contributed by atoms with van der Waals surface area (Å²) in [5.74, 6) is 0.472. The molecule has 0 aromatic carbocycles. The summed E-state index contributed by atoms with van der Waals surface area (Å²) in [6, 6.07) is 1.05. The molecule has 0 aromatic heterocycles. The fourth-order valence-corrected chi connectivity index (χ4v) is 3.47. The van der Waals surface area contributed by atoms with Crippen LogP contribution in [0, 0.1) is 0 Å². The standard InChI is InChI=1S/C17H37NO6Si/c1-4-19-9-12-22-16(23-13-10-20-5-2)17(25-15-7-8-18)24-14-11-21-6-3/h4-15,18,25H2,1-3H3. The van der Waals surface area contributed by atoms with Crippen LogP contribution in [0.1, 0.15) is 27.2 Å². The van der Waals surface area contributed by atoms with Crippen molar-refractivity contribution in [2.24, 2.45) is 5.73 Å². The molecule has 0 unspecified atom stereocenters. The molecule has 150 valence electrons. The Balaban J connectivity index is 4.73. The van der Waals surface area contributed by atoms with Crippen LogP contribution in [0.15, 0.2) is 11.3 Å². The van der Waals surface area contributed by atoms with Gasteiger partial charge in [0, 0.05) is 19.8 Å². The summed E-state index contributed by atoms with van der Waals surface area (Å²) in [5.41, 5.74) is 5.61. The third-order valence-corrected chi connectivity index (χ3v) is 4.92. The van der Waals surface area contributed by atoms with Crippen LogP contribution in [0.25, 0.3) is 0 Å². The molecule has 2 N–H and O–H groups in total. The van der Waals surface area contributed by atoms with E-state index in [2.05, 4.69) is 0 Å². The van der Waals surface area contributed by atoms with Gasteiger partial charge in [0.1, 0.15) is 34.7 Å². The summed E-state index contributed by atoms with van der Waals surface area (Å²) in [6.45, 7) is 11.5. The van der Waals surface area contributed by atoms with Crippen LogP contribution in [0.4, 0.5) is 0 Å². The lowest BCUT2D eigenvalue weighted by Crippen LogP contribution is -2.17. The van der Waals surface area contributed by atoms with Crippen molar-refractivity contribution in [2.45, 2.75) is 33.2 Å². The van der Waals surface area contributed by atoms with Crippen LogP contribution in [0.2, 0.25) is 6.04 Å². The Morgan fingerprint density at radius 1 is 0.720 bits per heavy atom. The number of nitrogens with two attached hydrogens (primary N) is 1. The summed E-state index contributed by atoms with van der Waals surface area (Å²) >= 11 is 0. The number of hydrogen-bond acceptors (Lipinski definition) is 7. The van der Waals surface area contributed by atoms with Crippen LogP contribution in [0.5, 0.6) is 0 Å². The van der Waals surface area contributed by atoms with Crippen LogP contribution in [0.3, 0.4) is 0 Å². The van der Waals surface area contributed by atoms with E-state index in [-0.39, 0.29) is 0 Å². The van der Waals surface area contributed by atoms with Crippen LogP contribution < -0.4 is 5.73 Å². The fourth-order valence-electron chi connectivity index (χ4n) is 1.91. The van der Waals surface area contributed by atoms with E-state index in [4.69, 9.17) is 34.2 Å². The Morgan fingerprint density at radius 3 is 1.64 bits per heavy atom. The van der Waals surface area contributed by atoms with Crippen molar-refractivity contribution in [1.29, 1.82) is 0 Å². The largest absolute Gasteiger partial charge is 0.494 e. The second-order valence-corrected chi connectivity index (χ2v) is 6.94. The summed E-state index contributed by atoms with van der Waals surface area (Å²) in [6.07, 6.45) is 0.982. The highest BCUT2D eigenvalue weighted by atomic mass is 28.2. The van der Waals surface area contributed by atoms with Gasteiger partial charge in [-0.05, 0) is 33.7 Å². The third-order valence-electron chi connectivity index (χ3n) is 3.12. The van der Waals surface area contributed by atoms with Gasteiger partial charge >= 0.3 is 5.95 Å². The molecule has 0 fully saturated rings. The molecule has 0 saturated heterocycles. The van der Waals surface area contributed by atoms with Crippen LogP contribution in [-0.4, -0.2) is 75.5 Å². The predicted molar refractivity (Wildman–Crippen MR) is 101 cm³/mol. The Kier molecular flexibility index (Phi) is 18.9. The molecule has 0 aliphatic carbocycles. The SMILES string of the molecule is CCOCCOC(OCCOCC)=C(OCCOCC)[SiH2]CCCN. The monoisotopic (exact) mass is 379 g/mol. The van der Waals surface area contributed by atoms with Crippen molar-refractivity contribution >= 4 is 9.52 Å². The van der Waals surface area contributed by atoms with Crippen LogP contribution in [-0.2, 0) is 28.4 Å². The van der Waals surface area contributed by atoms with Gasteiger partial charge in [-0.25, -0.2) is 0 Å². The molecule has 0 heterocycles. The zero-order valence-corrected chi connectivity index (χ0v) is 17.6. The van der Waals surface area contributed by atoms with Crippen molar-refractivity contribution in [3.63, 3.8) is 0 Å². The highest BCUT2D eigenvalue weighted by Gasteiger charge is 2.13. The van der Waals surface area contributed by atoms with Crippen molar-refractivity contribution in [3.8, 4) is 0 Å². The smallest absolute Gasteiger partial charge is 0.312 e. The van der Waals surface area contributed by atoms with E-state index >= 15 is 0 Å². The fraction of sp³-hybridized carbons (Fsp3) is 0.882. The lowest BCUT2D eigenvalue weighted by Gasteiger charge is -2.18. The lowest BCUT2D eigenvalue weighted by molar-refractivity contribution is -0.0239. The van der Waals surface area contributed by atoms with E-state index in [1.165, 1.54) is 0 Å². The Morgan fingerprint density at radius 2 is 1.20 bits per heavy atom. The minimum atomic E-state index is -0.656. The predicted octanol–water partition coefficient (Wildman–Crippen LogP) is 1.21. The number of rotatable bonds is 19. The first-order valence-electron chi connectivity index (χ1n) is 9.34. The number of hydrogen-bond donors (Lipinski definition) is 1. The summed E-state index contributed by atoms with van der Waals surface area (Å²) in [7, 11) is -0.656. The minimum absolute atomic E-state index is 0.432. The summed E-state index contributed by atoms with van der Waals surface area (Å²) in [5, 5.41) is 0.834. The topological polar surface area (TPSA) is 81.4 Å². The molecule has 25 heavy (non-hydrogen) atoms. The van der Waals surface area contributed by atoms with E-state index in [0.717, 1.165) is 17.8 Å². The van der Waals surface area contributed by atoms with E-state index in [9.17, 15) is 0 Å². The average molecular weight is 380 g/mol. The van der Waals surface area contributed by atoms with Gasteiger partial charge in [0.15, 0.2) is 0 Å². The summed E-state index contributed by atoms with van der Waals surface area (Å²) in [4.78, 5) is 0. The van der Waals surface area contributed by atoms with Gasteiger partial charge in [-0.2, -0.15) is 0 Å². The highest BCUT2D eigenvalue weighted by molar-refractivity contribution is 6.44. The van der Waals surface area contributed by atoms with Crippen molar-refractivity contribution in [2.75, 3.05) is 66.0 Å². The Hall–Kier alpha value is -0.803. The maximum absolute atomic E-state index is 5.91. The lowest BCUT2D eigenvalue weighted by atomic mass is 10.5. The Labute approximate surface area is 154 Å².